The molecule has 2 aromatic rings. The summed E-state index contributed by atoms with van der Waals surface area (Å²) < 4.78 is 19.0. The number of aryl methyl sites for hydroxylation is 1. The van der Waals surface area contributed by atoms with E-state index < -0.39 is 0 Å². The van der Waals surface area contributed by atoms with Crippen LogP contribution in [0.3, 0.4) is 0 Å². The molecular weight excluding hydrogens is 350 g/mol. The van der Waals surface area contributed by atoms with E-state index >= 15 is 0 Å². The standard InChI is InChI=1S/C20H23NO4S/c1-13-18(24-11-16-3-2-8-23-16)10-19(22)21-7-6-14-4-5-15(25-12-26)9-17(14)20(13)21/h4-5,9-10,16,26H,2-3,6-8,11-12H2,1H3. The summed E-state index contributed by atoms with van der Waals surface area (Å²) in [5.41, 5.74) is 4.12. The molecule has 1 aromatic heterocycles. The first-order valence-electron chi connectivity index (χ1n) is 9.03. The minimum atomic E-state index is -0.0286. The van der Waals surface area contributed by atoms with Crippen LogP contribution in [-0.4, -0.2) is 29.8 Å². The third-order valence-corrected chi connectivity index (χ3v) is 5.27. The van der Waals surface area contributed by atoms with Crippen LogP contribution < -0.4 is 15.0 Å². The van der Waals surface area contributed by atoms with Gasteiger partial charge in [-0.05, 0) is 43.9 Å². The van der Waals surface area contributed by atoms with Crippen molar-refractivity contribution >= 4 is 12.6 Å². The molecule has 1 fully saturated rings. The lowest BCUT2D eigenvalue weighted by Gasteiger charge is -2.25. The van der Waals surface area contributed by atoms with Gasteiger partial charge >= 0.3 is 0 Å². The van der Waals surface area contributed by atoms with Crippen molar-refractivity contribution in [3.63, 3.8) is 0 Å². The number of aromatic nitrogens is 1. The number of nitrogens with zero attached hydrogens (tertiary/aromatic N) is 1. The Morgan fingerprint density at radius 2 is 2.19 bits per heavy atom. The second-order valence-corrected chi connectivity index (χ2v) is 7.02. The molecule has 0 spiro atoms. The molecule has 0 radical (unpaired) electrons. The van der Waals surface area contributed by atoms with E-state index in [1.54, 1.807) is 6.07 Å². The zero-order valence-electron chi connectivity index (χ0n) is 14.9. The molecule has 2 aliphatic heterocycles. The minimum absolute atomic E-state index is 0.0286. The number of fused-ring (bicyclic) bond motifs is 3. The van der Waals surface area contributed by atoms with Crippen LogP contribution in [-0.2, 0) is 17.7 Å². The maximum Gasteiger partial charge on any atom is 0.254 e. The first-order valence-corrected chi connectivity index (χ1v) is 9.66. The molecule has 2 aliphatic rings. The summed E-state index contributed by atoms with van der Waals surface area (Å²) in [7, 11) is 0. The first kappa shape index (κ1) is 17.5. The van der Waals surface area contributed by atoms with Gasteiger partial charge in [0.1, 0.15) is 24.0 Å². The summed E-state index contributed by atoms with van der Waals surface area (Å²) in [4.78, 5) is 12.7. The van der Waals surface area contributed by atoms with Gasteiger partial charge in [0, 0.05) is 30.3 Å². The summed E-state index contributed by atoms with van der Waals surface area (Å²) in [6.07, 6.45) is 3.03. The van der Waals surface area contributed by atoms with E-state index in [-0.39, 0.29) is 11.7 Å². The molecule has 0 bridgehead atoms. The van der Waals surface area contributed by atoms with E-state index in [4.69, 9.17) is 14.2 Å². The van der Waals surface area contributed by atoms with Crippen LogP contribution in [0.15, 0.2) is 29.1 Å². The van der Waals surface area contributed by atoms with E-state index in [1.165, 1.54) is 5.56 Å². The lowest BCUT2D eigenvalue weighted by Crippen LogP contribution is -2.27. The number of benzene rings is 1. The van der Waals surface area contributed by atoms with Gasteiger partial charge < -0.3 is 18.8 Å². The van der Waals surface area contributed by atoms with Crippen molar-refractivity contribution in [1.82, 2.24) is 4.57 Å². The number of hydrogen-bond donors (Lipinski definition) is 1. The molecule has 5 nitrogen and oxygen atoms in total. The Morgan fingerprint density at radius 3 is 2.96 bits per heavy atom. The van der Waals surface area contributed by atoms with Gasteiger partial charge in [0.25, 0.3) is 5.56 Å². The maximum absolute atomic E-state index is 12.7. The molecule has 1 saturated heterocycles. The number of ether oxygens (including phenoxy) is 3. The maximum atomic E-state index is 12.7. The fraction of sp³-hybridized carbons (Fsp3) is 0.450. The van der Waals surface area contributed by atoms with Crippen molar-refractivity contribution in [2.24, 2.45) is 0 Å². The summed E-state index contributed by atoms with van der Waals surface area (Å²) in [6, 6.07) is 7.62. The SMILES string of the molecule is Cc1c(OCC2CCCO2)cc(=O)n2c1-c1cc(OCS)ccc1CC2. The van der Waals surface area contributed by atoms with Gasteiger partial charge in [-0.3, -0.25) is 4.79 Å². The van der Waals surface area contributed by atoms with Crippen molar-refractivity contribution in [2.75, 3.05) is 19.2 Å². The van der Waals surface area contributed by atoms with Crippen LogP contribution in [0.1, 0.15) is 24.0 Å². The average Bonchev–Trinajstić information content (AvgIpc) is 3.16. The topological polar surface area (TPSA) is 49.7 Å². The molecule has 0 N–H and O–H groups in total. The molecule has 4 rings (SSSR count). The van der Waals surface area contributed by atoms with Gasteiger partial charge in [-0.25, -0.2) is 0 Å². The van der Waals surface area contributed by atoms with E-state index in [9.17, 15) is 4.79 Å². The highest BCUT2D eigenvalue weighted by Gasteiger charge is 2.23. The Labute approximate surface area is 158 Å². The van der Waals surface area contributed by atoms with E-state index in [0.29, 0.717) is 24.8 Å². The zero-order valence-corrected chi connectivity index (χ0v) is 15.8. The highest BCUT2D eigenvalue weighted by Crippen LogP contribution is 2.36. The summed E-state index contributed by atoms with van der Waals surface area (Å²) >= 11 is 4.13. The van der Waals surface area contributed by atoms with Crippen molar-refractivity contribution in [3.05, 3.63) is 45.7 Å². The fourth-order valence-electron chi connectivity index (χ4n) is 3.80. The normalized spacial score (nSPS) is 18.3. The molecule has 1 aromatic carbocycles. The number of hydrogen-bond acceptors (Lipinski definition) is 5. The van der Waals surface area contributed by atoms with E-state index in [1.807, 2.05) is 23.6 Å². The predicted octanol–water partition coefficient (Wildman–Crippen LogP) is 3.20. The van der Waals surface area contributed by atoms with Crippen LogP contribution in [0, 0.1) is 6.92 Å². The summed E-state index contributed by atoms with van der Waals surface area (Å²) in [5.74, 6) is 1.71. The largest absolute Gasteiger partial charge is 0.490 e. The third-order valence-electron chi connectivity index (χ3n) is 5.14. The Hall–Kier alpha value is -1.92. The van der Waals surface area contributed by atoms with Gasteiger partial charge in [0.05, 0.1) is 11.8 Å². The quantitative estimate of drug-likeness (QED) is 0.646. The molecular formula is C20H23NO4S. The van der Waals surface area contributed by atoms with E-state index in [0.717, 1.165) is 48.4 Å². The highest BCUT2D eigenvalue weighted by molar-refractivity contribution is 7.80. The van der Waals surface area contributed by atoms with Crippen molar-refractivity contribution < 1.29 is 14.2 Å². The van der Waals surface area contributed by atoms with Crippen LogP contribution in [0.5, 0.6) is 11.5 Å². The second kappa shape index (κ2) is 7.37. The molecule has 3 heterocycles. The van der Waals surface area contributed by atoms with Crippen LogP contribution in [0.25, 0.3) is 11.3 Å². The van der Waals surface area contributed by atoms with Gasteiger partial charge in [0.15, 0.2) is 0 Å². The van der Waals surface area contributed by atoms with Gasteiger partial charge in [-0.2, -0.15) is 0 Å². The second-order valence-electron chi connectivity index (χ2n) is 6.76. The van der Waals surface area contributed by atoms with Crippen molar-refractivity contribution in [2.45, 2.75) is 38.8 Å². The molecule has 1 atom stereocenters. The smallest absolute Gasteiger partial charge is 0.254 e. The van der Waals surface area contributed by atoms with E-state index in [2.05, 4.69) is 18.7 Å². The Balaban J connectivity index is 1.73. The summed E-state index contributed by atoms with van der Waals surface area (Å²) in [6.45, 7) is 3.97. The fourth-order valence-corrected chi connectivity index (χ4v) is 3.95. The number of thiol groups is 1. The third kappa shape index (κ3) is 3.23. The van der Waals surface area contributed by atoms with Gasteiger partial charge in [-0.1, -0.05) is 6.07 Å². The van der Waals surface area contributed by atoms with Crippen molar-refractivity contribution in [3.8, 4) is 22.8 Å². The van der Waals surface area contributed by atoms with Crippen LogP contribution >= 0.6 is 12.6 Å². The Kier molecular flexibility index (Phi) is 4.96. The molecule has 6 heteroatoms. The first-order chi connectivity index (χ1) is 12.7. The Bertz CT molecular complexity index is 871. The molecule has 138 valence electrons. The summed E-state index contributed by atoms with van der Waals surface area (Å²) in [5, 5.41) is 0. The molecule has 0 amide bonds. The number of rotatable bonds is 5. The van der Waals surface area contributed by atoms with Crippen LogP contribution in [0.4, 0.5) is 0 Å². The molecule has 26 heavy (non-hydrogen) atoms. The molecule has 0 aliphatic carbocycles. The highest BCUT2D eigenvalue weighted by atomic mass is 32.1. The van der Waals surface area contributed by atoms with Crippen LogP contribution in [0.2, 0.25) is 0 Å². The molecule has 1 unspecified atom stereocenters. The minimum Gasteiger partial charge on any atom is -0.490 e. The average molecular weight is 373 g/mol. The molecule has 0 saturated carbocycles. The lowest BCUT2D eigenvalue weighted by molar-refractivity contribution is 0.0676. The lowest BCUT2D eigenvalue weighted by atomic mass is 9.94. The van der Waals surface area contributed by atoms with Gasteiger partial charge in [0.2, 0.25) is 0 Å². The van der Waals surface area contributed by atoms with Crippen molar-refractivity contribution in [1.29, 1.82) is 0 Å². The predicted molar refractivity (Wildman–Crippen MR) is 104 cm³/mol. The zero-order chi connectivity index (χ0) is 18.1. The Morgan fingerprint density at radius 1 is 1.31 bits per heavy atom. The van der Waals surface area contributed by atoms with Gasteiger partial charge in [-0.15, -0.1) is 12.6 Å². The monoisotopic (exact) mass is 373 g/mol. The number of pyridine rings is 1.